The Hall–Kier alpha value is -1.11. The van der Waals surface area contributed by atoms with Crippen LogP contribution < -0.4 is 10.5 Å². The van der Waals surface area contributed by atoms with Gasteiger partial charge in [0.15, 0.2) is 0 Å². The van der Waals surface area contributed by atoms with Crippen molar-refractivity contribution in [1.29, 1.82) is 0 Å². The third-order valence-electron chi connectivity index (χ3n) is 4.46. The Morgan fingerprint density at radius 3 is 3.00 bits per heavy atom. The van der Waals surface area contributed by atoms with Gasteiger partial charge in [-0.3, -0.25) is 0 Å². The molecule has 0 aromatic heterocycles. The van der Waals surface area contributed by atoms with E-state index in [9.17, 15) is 8.42 Å². The van der Waals surface area contributed by atoms with E-state index in [2.05, 4.69) is 6.92 Å². The average molecular weight is 310 g/mol. The van der Waals surface area contributed by atoms with Crippen molar-refractivity contribution >= 4 is 10.0 Å². The lowest BCUT2D eigenvalue weighted by atomic mass is 9.94. The quantitative estimate of drug-likeness (QED) is 0.915. The van der Waals surface area contributed by atoms with E-state index >= 15 is 0 Å². The number of hydrogen-bond donors (Lipinski definition) is 1. The van der Waals surface area contributed by atoms with Gasteiger partial charge in [-0.25, -0.2) is 8.42 Å². The minimum Gasteiger partial charge on any atom is -0.493 e. The van der Waals surface area contributed by atoms with Gasteiger partial charge < -0.3 is 10.5 Å². The Morgan fingerprint density at radius 1 is 1.43 bits per heavy atom. The SMILES string of the molecule is CC1CCN(S(=O)(=O)c2ccc3c(c2)CCO3)C(CN)C1. The highest BCUT2D eigenvalue weighted by molar-refractivity contribution is 7.89. The minimum absolute atomic E-state index is 0.0942. The van der Waals surface area contributed by atoms with E-state index in [1.54, 1.807) is 22.5 Å². The van der Waals surface area contributed by atoms with Crippen LogP contribution in [0.5, 0.6) is 5.75 Å². The summed E-state index contributed by atoms with van der Waals surface area (Å²) < 4.78 is 32.8. The van der Waals surface area contributed by atoms with Crippen molar-refractivity contribution in [3.05, 3.63) is 23.8 Å². The third-order valence-corrected chi connectivity index (χ3v) is 6.41. The van der Waals surface area contributed by atoms with Gasteiger partial charge >= 0.3 is 0 Å². The van der Waals surface area contributed by atoms with Crippen LogP contribution in [0.4, 0.5) is 0 Å². The van der Waals surface area contributed by atoms with E-state index in [0.717, 1.165) is 30.6 Å². The highest BCUT2D eigenvalue weighted by Gasteiger charge is 2.35. The number of ether oxygens (including phenoxy) is 1. The van der Waals surface area contributed by atoms with Gasteiger partial charge in [-0.15, -0.1) is 0 Å². The number of rotatable bonds is 3. The van der Waals surface area contributed by atoms with Crippen molar-refractivity contribution in [3.8, 4) is 5.75 Å². The van der Waals surface area contributed by atoms with Crippen molar-refractivity contribution in [2.45, 2.75) is 37.1 Å². The maximum Gasteiger partial charge on any atom is 0.243 e. The number of fused-ring (bicyclic) bond motifs is 1. The Bertz CT molecular complexity index is 630. The summed E-state index contributed by atoms with van der Waals surface area (Å²) in [5, 5.41) is 0. The normalized spacial score (nSPS) is 26.4. The fourth-order valence-corrected chi connectivity index (χ4v) is 4.93. The first-order valence-electron chi connectivity index (χ1n) is 7.50. The lowest BCUT2D eigenvalue weighted by Gasteiger charge is -2.36. The molecule has 0 amide bonds. The van der Waals surface area contributed by atoms with E-state index < -0.39 is 10.0 Å². The van der Waals surface area contributed by atoms with Gasteiger partial charge in [-0.2, -0.15) is 4.31 Å². The summed E-state index contributed by atoms with van der Waals surface area (Å²) in [5.41, 5.74) is 6.77. The predicted octanol–water partition coefficient (Wildman–Crippen LogP) is 1.37. The first-order chi connectivity index (χ1) is 10.0. The lowest BCUT2D eigenvalue weighted by Crippen LogP contribution is -2.49. The standard InChI is InChI=1S/C15H22N2O3S/c1-11-4-6-17(13(8-11)10-16)21(18,19)14-2-3-15-12(9-14)5-7-20-15/h2-3,9,11,13H,4-8,10,16H2,1H3. The number of piperidine rings is 1. The molecule has 2 heterocycles. The van der Waals surface area contributed by atoms with Crippen LogP contribution in [0.3, 0.4) is 0 Å². The molecule has 1 aromatic rings. The molecule has 5 nitrogen and oxygen atoms in total. The Kier molecular flexibility index (Phi) is 3.94. The molecule has 3 rings (SSSR count). The van der Waals surface area contributed by atoms with Crippen molar-refractivity contribution in [1.82, 2.24) is 4.31 Å². The van der Waals surface area contributed by atoms with E-state index in [1.807, 2.05) is 0 Å². The second-order valence-electron chi connectivity index (χ2n) is 6.00. The number of hydrogen-bond acceptors (Lipinski definition) is 4. The fourth-order valence-electron chi connectivity index (χ4n) is 3.22. The van der Waals surface area contributed by atoms with Crippen molar-refractivity contribution in [2.24, 2.45) is 11.7 Å². The summed E-state index contributed by atoms with van der Waals surface area (Å²) in [6, 6.07) is 5.07. The average Bonchev–Trinajstić information content (AvgIpc) is 2.94. The molecule has 0 radical (unpaired) electrons. The second-order valence-corrected chi connectivity index (χ2v) is 7.89. The smallest absolute Gasteiger partial charge is 0.243 e. The first-order valence-corrected chi connectivity index (χ1v) is 8.94. The molecule has 0 spiro atoms. The van der Waals surface area contributed by atoms with Crippen LogP contribution in [-0.4, -0.2) is 38.5 Å². The van der Waals surface area contributed by atoms with Gasteiger partial charge in [0.1, 0.15) is 5.75 Å². The van der Waals surface area contributed by atoms with Crippen molar-refractivity contribution in [2.75, 3.05) is 19.7 Å². The minimum atomic E-state index is -3.47. The summed E-state index contributed by atoms with van der Waals surface area (Å²) in [4.78, 5) is 0.361. The van der Waals surface area contributed by atoms with Crippen molar-refractivity contribution < 1.29 is 13.2 Å². The highest BCUT2D eigenvalue weighted by atomic mass is 32.2. The third kappa shape index (κ3) is 2.67. The van der Waals surface area contributed by atoms with Crippen molar-refractivity contribution in [3.63, 3.8) is 0 Å². The summed E-state index contributed by atoms with van der Waals surface area (Å²) in [7, 11) is -3.47. The first kappa shape index (κ1) is 14.8. The van der Waals surface area contributed by atoms with Gasteiger partial charge in [0, 0.05) is 25.6 Å². The zero-order valence-electron chi connectivity index (χ0n) is 12.3. The zero-order chi connectivity index (χ0) is 15.0. The number of benzene rings is 1. The molecule has 1 saturated heterocycles. The van der Waals surface area contributed by atoms with Gasteiger partial charge in [0.2, 0.25) is 10.0 Å². The molecule has 2 atom stereocenters. The Labute approximate surface area is 126 Å². The van der Waals surface area contributed by atoms with Crippen LogP contribution in [0.25, 0.3) is 0 Å². The maximum absolute atomic E-state index is 12.9. The molecule has 2 aliphatic rings. The lowest BCUT2D eigenvalue weighted by molar-refractivity contribution is 0.211. The molecule has 0 saturated carbocycles. The van der Waals surface area contributed by atoms with Crippen LogP contribution in [-0.2, 0) is 16.4 Å². The molecule has 21 heavy (non-hydrogen) atoms. The van der Waals surface area contributed by atoms with E-state index in [0.29, 0.717) is 30.5 Å². The van der Waals surface area contributed by atoms with E-state index in [4.69, 9.17) is 10.5 Å². The molecule has 116 valence electrons. The molecule has 1 aromatic carbocycles. The van der Waals surface area contributed by atoms with Crippen LogP contribution in [0.2, 0.25) is 0 Å². The fraction of sp³-hybridized carbons (Fsp3) is 0.600. The molecule has 2 unspecified atom stereocenters. The predicted molar refractivity (Wildman–Crippen MR) is 80.8 cm³/mol. The molecule has 0 bridgehead atoms. The summed E-state index contributed by atoms with van der Waals surface area (Å²) in [5.74, 6) is 1.33. The highest BCUT2D eigenvalue weighted by Crippen LogP contribution is 2.32. The summed E-state index contributed by atoms with van der Waals surface area (Å²) in [6.07, 6.45) is 2.50. The molecule has 0 aliphatic carbocycles. The number of nitrogens with two attached hydrogens (primary N) is 1. The van der Waals surface area contributed by atoms with Gasteiger partial charge in [-0.1, -0.05) is 6.92 Å². The molecule has 2 N–H and O–H groups in total. The van der Waals surface area contributed by atoms with E-state index in [-0.39, 0.29) is 6.04 Å². The Morgan fingerprint density at radius 2 is 2.24 bits per heavy atom. The molecule has 1 fully saturated rings. The van der Waals surface area contributed by atoms with Crippen LogP contribution in [0.1, 0.15) is 25.3 Å². The Balaban J connectivity index is 1.92. The molecule has 2 aliphatic heterocycles. The van der Waals surface area contributed by atoms with Gasteiger partial charge in [-0.05, 0) is 42.5 Å². The van der Waals surface area contributed by atoms with E-state index in [1.165, 1.54) is 0 Å². The largest absolute Gasteiger partial charge is 0.493 e. The molecular weight excluding hydrogens is 288 g/mol. The van der Waals surface area contributed by atoms with Crippen LogP contribution >= 0.6 is 0 Å². The second kappa shape index (κ2) is 5.59. The summed E-state index contributed by atoms with van der Waals surface area (Å²) >= 11 is 0. The van der Waals surface area contributed by atoms with Crippen LogP contribution in [0, 0.1) is 5.92 Å². The monoisotopic (exact) mass is 310 g/mol. The van der Waals surface area contributed by atoms with Gasteiger partial charge in [0.25, 0.3) is 0 Å². The van der Waals surface area contributed by atoms with Gasteiger partial charge in [0.05, 0.1) is 11.5 Å². The van der Waals surface area contributed by atoms with Crippen LogP contribution in [0.15, 0.2) is 23.1 Å². The zero-order valence-corrected chi connectivity index (χ0v) is 13.1. The maximum atomic E-state index is 12.9. The molecule has 6 heteroatoms. The number of sulfonamides is 1. The summed E-state index contributed by atoms with van der Waals surface area (Å²) in [6.45, 7) is 3.71. The molecular formula is C15H22N2O3S. The number of nitrogens with zero attached hydrogens (tertiary/aromatic N) is 1. The topological polar surface area (TPSA) is 72.6 Å².